The molecule has 2 heterocycles. The summed E-state index contributed by atoms with van der Waals surface area (Å²) in [6.07, 6.45) is 1.49. The van der Waals surface area contributed by atoms with Gasteiger partial charge in [0.25, 0.3) is 5.91 Å². The lowest BCUT2D eigenvalue weighted by Gasteiger charge is -2.11. The van der Waals surface area contributed by atoms with E-state index in [0.717, 1.165) is 0 Å². The summed E-state index contributed by atoms with van der Waals surface area (Å²) in [5.41, 5.74) is 2.36. The Morgan fingerprint density at radius 3 is 2.68 bits per heavy atom. The SMILES string of the molecule is CCOc1ccc(C(=O)Nc2ccc3oc(C(C)(C)C)nc3c2)cn1. The number of pyridine rings is 1. The molecule has 0 saturated carbocycles. The molecule has 1 aromatic carbocycles. The molecule has 0 unspecified atom stereocenters. The first-order valence-electron chi connectivity index (χ1n) is 8.18. The number of nitrogens with one attached hydrogen (secondary N) is 1. The van der Waals surface area contributed by atoms with Gasteiger partial charge in [0.2, 0.25) is 11.8 Å². The minimum Gasteiger partial charge on any atom is -0.478 e. The van der Waals surface area contributed by atoms with Crippen molar-refractivity contribution in [2.24, 2.45) is 0 Å². The quantitative estimate of drug-likeness (QED) is 0.772. The number of carbonyl (C=O) groups is 1. The van der Waals surface area contributed by atoms with Crippen LogP contribution < -0.4 is 10.1 Å². The van der Waals surface area contributed by atoms with E-state index in [0.29, 0.717) is 40.7 Å². The lowest BCUT2D eigenvalue weighted by molar-refractivity contribution is 0.102. The number of nitrogens with zero attached hydrogens (tertiary/aromatic N) is 2. The second kappa shape index (κ2) is 6.55. The summed E-state index contributed by atoms with van der Waals surface area (Å²) in [7, 11) is 0. The predicted octanol–water partition coefficient (Wildman–Crippen LogP) is 4.17. The number of fused-ring (bicyclic) bond motifs is 1. The monoisotopic (exact) mass is 339 g/mol. The Morgan fingerprint density at radius 1 is 1.24 bits per heavy atom. The van der Waals surface area contributed by atoms with Gasteiger partial charge in [-0.05, 0) is 31.2 Å². The number of rotatable bonds is 4. The number of oxazole rings is 1. The maximum Gasteiger partial charge on any atom is 0.257 e. The summed E-state index contributed by atoms with van der Waals surface area (Å²) >= 11 is 0. The van der Waals surface area contributed by atoms with Crippen LogP contribution in [0.15, 0.2) is 40.9 Å². The Labute approximate surface area is 146 Å². The Balaban J connectivity index is 1.78. The van der Waals surface area contributed by atoms with Crippen molar-refractivity contribution < 1.29 is 13.9 Å². The van der Waals surface area contributed by atoms with Gasteiger partial charge in [-0.3, -0.25) is 4.79 Å². The molecule has 2 aromatic heterocycles. The summed E-state index contributed by atoms with van der Waals surface area (Å²) in [6, 6.07) is 8.76. The summed E-state index contributed by atoms with van der Waals surface area (Å²) in [5, 5.41) is 2.85. The minimum atomic E-state index is -0.241. The van der Waals surface area contributed by atoms with E-state index in [4.69, 9.17) is 9.15 Å². The summed E-state index contributed by atoms with van der Waals surface area (Å²) in [4.78, 5) is 21.0. The second-order valence-electron chi connectivity index (χ2n) is 6.72. The van der Waals surface area contributed by atoms with Crippen LogP contribution in [0.25, 0.3) is 11.1 Å². The zero-order chi connectivity index (χ0) is 18.0. The molecule has 3 rings (SSSR count). The lowest BCUT2D eigenvalue weighted by atomic mass is 9.97. The van der Waals surface area contributed by atoms with Gasteiger partial charge in [0.05, 0.1) is 12.2 Å². The normalized spacial score (nSPS) is 11.5. The van der Waals surface area contributed by atoms with Crippen LogP contribution in [0.3, 0.4) is 0 Å². The van der Waals surface area contributed by atoms with Crippen LogP contribution >= 0.6 is 0 Å². The molecule has 1 N–H and O–H groups in total. The van der Waals surface area contributed by atoms with Gasteiger partial charge < -0.3 is 14.5 Å². The van der Waals surface area contributed by atoms with Crippen molar-refractivity contribution in [1.82, 2.24) is 9.97 Å². The third kappa shape index (κ3) is 3.79. The summed E-state index contributed by atoms with van der Waals surface area (Å²) < 4.78 is 11.0. The van der Waals surface area contributed by atoms with E-state index in [9.17, 15) is 4.79 Å². The number of amides is 1. The molecule has 0 aliphatic heterocycles. The fourth-order valence-corrected chi connectivity index (χ4v) is 2.28. The predicted molar refractivity (Wildman–Crippen MR) is 96.1 cm³/mol. The molecular formula is C19H21N3O3. The van der Waals surface area contributed by atoms with Gasteiger partial charge in [-0.25, -0.2) is 9.97 Å². The molecule has 0 saturated heterocycles. The van der Waals surface area contributed by atoms with Crippen LogP contribution in [-0.2, 0) is 5.41 Å². The van der Waals surface area contributed by atoms with E-state index < -0.39 is 0 Å². The Bertz CT molecular complexity index is 892. The summed E-state index contributed by atoms with van der Waals surface area (Å²) in [5.74, 6) is 0.925. The highest BCUT2D eigenvalue weighted by Crippen LogP contribution is 2.27. The van der Waals surface area contributed by atoms with Gasteiger partial charge in [0, 0.05) is 23.4 Å². The first-order chi connectivity index (χ1) is 11.9. The number of hydrogen-bond acceptors (Lipinski definition) is 5. The molecule has 25 heavy (non-hydrogen) atoms. The zero-order valence-electron chi connectivity index (χ0n) is 14.8. The largest absolute Gasteiger partial charge is 0.478 e. The number of carbonyl (C=O) groups excluding carboxylic acids is 1. The first-order valence-corrected chi connectivity index (χ1v) is 8.18. The van der Waals surface area contributed by atoms with E-state index in [-0.39, 0.29) is 11.3 Å². The molecule has 6 heteroatoms. The molecule has 0 aliphatic rings. The van der Waals surface area contributed by atoms with Crippen molar-refractivity contribution in [3.63, 3.8) is 0 Å². The van der Waals surface area contributed by atoms with E-state index in [1.807, 2.05) is 33.8 Å². The van der Waals surface area contributed by atoms with Gasteiger partial charge in [0.15, 0.2) is 5.58 Å². The van der Waals surface area contributed by atoms with E-state index in [1.54, 1.807) is 24.3 Å². The van der Waals surface area contributed by atoms with Crippen molar-refractivity contribution in [2.45, 2.75) is 33.1 Å². The highest BCUT2D eigenvalue weighted by molar-refractivity contribution is 6.04. The maximum atomic E-state index is 12.3. The smallest absolute Gasteiger partial charge is 0.257 e. The Morgan fingerprint density at radius 2 is 2.04 bits per heavy atom. The van der Waals surface area contributed by atoms with Crippen LogP contribution in [-0.4, -0.2) is 22.5 Å². The fraction of sp³-hybridized carbons (Fsp3) is 0.316. The van der Waals surface area contributed by atoms with Gasteiger partial charge in [0.1, 0.15) is 5.52 Å². The van der Waals surface area contributed by atoms with Gasteiger partial charge in [-0.15, -0.1) is 0 Å². The molecular weight excluding hydrogens is 318 g/mol. The number of hydrogen-bond donors (Lipinski definition) is 1. The molecule has 0 aliphatic carbocycles. The van der Waals surface area contributed by atoms with Crippen LogP contribution in [0.2, 0.25) is 0 Å². The van der Waals surface area contributed by atoms with Crippen LogP contribution in [0.1, 0.15) is 43.9 Å². The average Bonchev–Trinajstić information content (AvgIpc) is 2.99. The van der Waals surface area contributed by atoms with Crippen molar-refractivity contribution >= 4 is 22.7 Å². The molecule has 6 nitrogen and oxygen atoms in total. The van der Waals surface area contributed by atoms with Crippen LogP contribution in [0.5, 0.6) is 5.88 Å². The number of benzene rings is 1. The fourth-order valence-electron chi connectivity index (χ4n) is 2.28. The molecule has 1 amide bonds. The van der Waals surface area contributed by atoms with Crippen molar-refractivity contribution in [3.05, 3.63) is 48.0 Å². The van der Waals surface area contributed by atoms with E-state index in [2.05, 4.69) is 15.3 Å². The van der Waals surface area contributed by atoms with Crippen molar-refractivity contribution in [2.75, 3.05) is 11.9 Å². The molecule has 130 valence electrons. The lowest BCUT2D eigenvalue weighted by Crippen LogP contribution is -2.12. The van der Waals surface area contributed by atoms with Crippen LogP contribution in [0.4, 0.5) is 5.69 Å². The molecule has 3 aromatic rings. The molecule has 0 atom stereocenters. The topological polar surface area (TPSA) is 77.2 Å². The Hall–Kier alpha value is -2.89. The van der Waals surface area contributed by atoms with Gasteiger partial charge >= 0.3 is 0 Å². The molecule has 0 spiro atoms. The summed E-state index contributed by atoms with van der Waals surface area (Å²) in [6.45, 7) is 8.54. The molecule has 0 fully saturated rings. The number of aromatic nitrogens is 2. The molecule has 0 bridgehead atoms. The Kier molecular flexibility index (Phi) is 4.44. The van der Waals surface area contributed by atoms with E-state index >= 15 is 0 Å². The first kappa shape index (κ1) is 17.0. The molecule has 0 radical (unpaired) electrons. The van der Waals surface area contributed by atoms with Crippen molar-refractivity contribution in [3.8, 4) is 5.88 Å². The van der Waals surface area contributed by atoms with Crippen LogP contribution in [0, 0.1) is 0 Å². The second-order valence-corrected chi connectivity index (χ2v) is 6.72. The average molecular weight is 339 g/mol. The van der Waals surface area contributed by atoms with Gasteiger partial charge in [-0.1, -0.05) is 20.8 Å². The zero-order valence-corrected chi connectivity index (χ0v) is 14.8. The maximum absolute atomic E-state index is 12.3. The van der Waals surface area contributed by atoms with E-state index in [1.165, 1.54) is 6.20 Å². The third-order valence-corrected chi connectivity index (χ3v) is 3.58. The highest BCUT2D eigenvalue weighted by atomic mass is 16.5. The third-order valence-electron chi connectivity index (χ3n) is 3.58. The van der Waals surface area contributed by atoms with Crippen molar-refractivity contribution in [1.29, 1.82) is 0 Å². The number of anilines is 1. The minimum absolute atomic E-state index is 0.170. The van der Waals surface area contributed by atoms with Gasteiger partial charge in [-0.2, -0.15) is 0 Å². The standard InChI is InChI=1S/C19H21N3O3/c1-5-24-16-9-6-12(11-20-16)17(23)21-13-7-8-15-14(10-13)22-18(25-15)19(2,3)4/h6-11H,5H2,1-4H3,(H,21,23). The number of ether oxygens (including phenoxy) is 1. The highest BCUT2D eigenvalue weighted by Gasteiger charge is 2.21.